The Morgan fingerprint density at radius 3 is 2.55 bits per heavy atom. The van der Waals surface area contributed by atoms with E-state index in [1.807, 2.05) is 37.3 Å². The summed E-state index contributed by atoms with van der Waals surface area (Å²) >= 11 is 3.29. The van der Waals surface area contributed by atoms with E-state index < -0.39 is 0 Å². The molecule has 0 aliphatic rings. The highest BCUT2D eigenvalue weighted by Gasteiger charge is 2.14. The minimum absolute atomic E-state index is 0.0958. The number of hydrogen-bond acceptors (Lipinski definition) is 4. The molecular weight excluding hydrogens is 320 g/mol. The van der Waals surface area contributed by atoms with Crippen molar-refractivity contribution >= 4 is 15.9 Å². The van der Waals surface area contributed by atoms with Crippen molar-refractivity contribution in [2.75, 3.05) is 0 Å². The molecule has 0 saturated carbocycles. The number of phenolic OH excluding ortho intramolecular Hbond substituents is 1. The first-order valence-electron chi connectivity index (χ1n) is 6.03. The van der Waals surface area contributed by atoms with Crippen LogP contribution < -0.4 is 0 Å². The Balaban J connectivity index is 1.99. The van der Waals surface area contributed by atoms with Gasteiger partial charge in [-0.25, -0.2) is 0 Å². The van der Waals surface area contributed by atoms with E-state index in [-0.39, 0.29) is 5.75 Å². The van der Waals surface area contributed by atoms with Gasteiger partial charge in [-0.05, 0) is 25.1 Å². The minimum atomic E-state index is 0.0958. The quantitative estimate of drug-likeness (QED) is 0.765. The van der Waals surface area contributed by atoms with Crippen molar-refractivity contribution < 1.29 is 9.63 Å². The molecule has 3 aromatic rings. The van der Waals surface area contributed by atoms with Crippen molar-refractivity contribution in [1.29, 1.82) is 0 Å². The lowest BCUT2D eigenvalue weighted by Crippen LogP contribution is -1.82. The minimum Gasteiger partial charge on any atom is -0.507 e. The molecule has 5 heteroatoms. The zero-order valence-corrected chi connectivity index (χ0v) is 12.3. The molecule has 0 spiro atoms. The second-order valence-corrected chi connectivity index (χ2v) is 5.37. The van der Waals surface area contributed by atoms with Crippen LogP contribution in [-0.4, -0.2) is 15.2 Å². The summed E-state index contributed by atoms with van der Waals surface area (Å²) in [5, 5.41) is 13.9. The number of aromatic nitrogens is 2. The van der Waals surface area contributed by atoms with Gasteiger partial charge in [-0.15, -0.1) is 0 Å². The number of aromatic hydroxyl groups is 1. The van der Waals surface area contributed by atoms with Crippen LogP contribution in [0.5, 0.6) is 5.75 Å². The van der Waals surface area contributed by atoms with E-state index in [9.17, 15) is 5.11 Å². The van der Waals surface area contributed by atoms with Crippen LogP contribution in [0.1, 0.15) is 5.56 Å². The van der Waals surface area contributed by atoms with Gasteiger partial charge in [0.2, 0.25) is 5.82 Å². The smallest absolute Gasteiger partial charge is 0.261 e. The van der Waals surface area contributed by atoms with Gasteiger partial charge in [0.15, 0.2) is 0 Å². The molecule has 1 aromatic heterocycles. The number of aryl methyl sites for hydroxylation is 1. The average Bonchev–Trinajstić information content (AvgIpc) is 2.89. The Bertz CT molecular complexity index is 751. The summed E-state index contributed by atoms with van der Waals surface area (Å²) in [6.45, 7) is 2.02. The van der Waals surface area contributed by atoms with E-state index in [0.29, 0.717) is 17.3 Å². The maximum absolute atomic E-state index is 9.90. The number of hydrogen-bond donors (Lipinski definition) is 1. The second kappa shape index (κ2) is 5.09. The summed E-state index contributed by atoms with van der Waals surface area (Å²) in [5.41, 5.74) is 2.56. The van der Waals surface area contributed by atoms with Crippen molar-refractivity contribution in [1.82, 2.24) is 10.1 Å². The van der Waals surface area contributed by atoms with E-state index in [2.05, 4.69) is 26.1 Å². The zero-order chi connectivity index (χ0) is 14.1. The van der Waals surface area contributed by atoms with Crippen molar-refractivity contribution in [2.45, 2.75) is 6.92 Å². The Kier molecular flexibility index (Phi) is 3.28. The Labute approximate surface area is 124 Å². The van der Waals surface area contributed by atoms with Gasteiger partial charge in [-0.1, -0.05) is 50.9 Å². The largest absolute Gasteiger partial charge is 0.507 e. The maximum atomic E-state index is 9.90. The molecule has 0 aliphatic heterocycles. The first-order valence-corrected chi connectivity index (χ1v) is 6.82. The first-order chi connectivity index (χ1) is 9.63. The molecule has 2 aromatic carbocycles. The molecule has 0 radical (unpaired) electrons. The third kappa shape index (κ3) is 2.44. The van der Waals surface area contributed by atoms with Crippen LogP contribution in [0.3, 0.4) is 0 Å². The highest BCUT2D eigenvalue weighted by molar-refractivity contribution is 9.10. The number of phenols is 1. The number of benzene rings is 2. The van der Waals surface area contributed by atoms with Crippen LogP contribution in [0.2, 0.25) is 0 Å². The number of halogens is 1. The highest BCUT2D eigenvalue weighted by atomic mass is 79.9. The van der Waals surface area contributed by atoms with Gasteiger partial charge in [0.25, 0.3) is 5.89 Å². The molecule has 3 rings (SSSR count). The Morgan fingerprint density at radius 2 is 1.85 bits per heavy atom. The fourth-order valence-corrected chi connectivity index (χ4v) is 2.19. The van der Waals surface area contributed by atoms with E-state index >= 15 is 0 Å². The number of nitrogens with zero attached hydrogens (tertiary/aromatic N) is 2. The molecule has 100 valence electrons. The molecule has 1 heterocycles. The third-order valence-electron chi connectivity index (χ3n) is 2.93. The van der Waals surface area contributed by atoms with Gasteiger partial charge >= 0.3 is 0 Å². The molecule has 20 heavy (non-hydrogen) atoms. The molecule has 0 amide bonds. The van der Waals surface area contributed by atoms with Gasteiger partial charge in [-0.2, -0.15) is 4.98 Å². The molecular formula is C15H11BrN2O2. The topological polar surface area (TPSA) is 59.2 Å². The summed E-state index contributed by atoms with van der Waals surface area (Å²) < 4.78 is 6.01. The van der Waals surface area contributed by atoms with E-state index in [0.717, 1.165) is 10.0 Å². The summed E-state index contributed by atoms with van der Waals surface area (Å²) in [5.74, 6) is 0.895. The SMILES string of the molecule is Cc1ccc(-c2noc(-c3ccc(Br)cc3O)n2)cc1. The van der Waals surface area contributed by atoms with Gasteiger partial charge < -0.3 is 9.63 Å². The lowest BCUT2D eigenvalue weighted by molar-refractivity contribution is 0.425. The molecule has 0 unspecified atom stereocenters. The standard InChI is InChI=1S/C15H11BrN2O2/c1-9-2-4-10(5-3-9)14-17-15(20-18-14)12-7-6-11(16)8-13(12)19/h2-8,19H,1H3. The summed E-state index contributed by atoms with van der Waals surface area (Å²) in [6, 6.07) is 13.0. The molecule has 0 saturated heterocycles. The first kappa shape index (κ1) is 12.9. The zero-order valence-electron chi connectivity index (χ0n) is 10.7. The Morgan fingerprint density at radius 1 is 1.10 bits per heavy atom. The summed E-state index contributed by atoms with van der Waals surface area (Å²) in [6.07, 6.45) is 0. The van der Waals surface area contributed by atoms with Gasteiger partial charge in [0.1, 0.15) is 5.75 Å². The van der Waals surface area contributed by atoms with Gasteiger partial charge in [-0.3, -0.25) is 0 Å². The molecule has 0 atom stereocenters. The van der Waals surface area contributed by atoms with Crippen LogP contribution >= 0.6 is 15.9 Å². The lowest BCUT2D eigenvalue weighted by Gasteiger charge is -1.99. The van der Waals surface area contributed by atoms with Crippen molar-refractivity contribution in [3.63, 3.8) is 0 Å². The summed E-state index contributed by atoms with van der Waals surface area (Å²) in [7, 11) is 0. The Hall–Kier alpha value is -2.14. The average molecular weight is 331 g/mol. The van der Waals surface area contributed by atoms with Gasteiger partial charge in [0.05, 0.1) is 5.56 Å². The van der Waals surface area contributed by atoms with Crippen LogP contribution in [0.4, 0.5) is 0 Å². The van der Waals surface area contributed by atoms with Crippen molar-refractivity contribution in [3.8, 4) is 28.6 Å². The van der Waals surface area contributed by atoms with Crippen LogP contribution in [-0.2, 0) is 0 Å². The van der Waals surface area contributed by atoms with E-state index in [1.165, 1.54) is 5.56 Å². The second-order valence-electron chi connectivity index (χ2n) is 4.45. The van der Waals surface area contributed by atoms with Crippen molar-refractivity contribution in [3.05, 3.63) is 52.5 Å². The van der Waals surface area contributed by atoms with Crippen molar-refractivity contribution in [2.24, 2.45) is 0 Å². The predicted octanol–water partition coefficient (Wildman–Crippen LogP) is 4.18. The van der Waals surface area contributed by atoms with Crippen LogP contribution in [0, 0.1) is 6.92 Å². The molecule has 4 nitrogen and oxygen atoms in total. The predicted molar refractivity (Wildman–Crippen MR) is 79.3 cm³/mol. The van der Waals surface area contributed by atoms with Gasteiger partial charge in [0, 0.05) is 10.0 Å². The molecule has 0 bridgehead atoms. The third-order valence-corrected chi connectivity index (χ3v) is 3.42. The number of rotatable bonds is 2. The molecule has 0 aliphatic carbocycles. The maximum Gasteiger partial charge on any atom is 0.261 e. The van der Waals surface area contributed by atoms with E-state index in [4.69, 9.17) is 4.52 Å². The highest BCUT2D eigenvalue weighted by Crippen LogP contribution is 2.31. The molecule has 1 N–H and O–H groups in total. The summed E-state index contributed by atoms with van der Waals surface area (Å²) in [4.78, 5) is 4.32. The lowest BCUT2D eigenvalue weighted by atomic mass is 10.1. The normalized spacial score (nSPS) is 10.7. The fraction of sp³-hybridized carbons (Fsp3) is 0.0667. The van der Waals surface area contributed by atoms with Crippen LogP contribution in [0.15, 0.2) is 51.5 Å². The monoisotopic (exact) mass is 330 g/mol. The van der Waals surface area contributed by atoms with Crippen LogP contribution in [0.25, 0.3) is 22.8 Å². The molecule has 0 fully saturated rings. The fourth-order valence-electron chi connectivity index (χ4n) is 1.84. The van der Waals surface area contributed by atoms with E-state index in [1.54, 1.807) is 12.1 Å².